The maximum Gasteiger partial charge on any atom is 0.319 e. The molecule has 1 aromatic heterocycles. The first-order chi connectivity index (χ1) is 8.70. The molecule has 1 aromatic carbocycles. The number of benzene rings is 1. The summed E-state index contributed by atoms with van der Waals surface area (Å²) in [5, 5.41) is 5.64. The van der Waals surface area contributed by atoms with Gasteiger partial charge in [0, 0.05) is 25.2 Å². The summed E-state index contributed by atoms with van der Waals surface area (Å²) >= 11 is 0. The molecule has 2 amide bonds. The molecule has 1 aliphatic rings. The van der Waals surface area contributed by atoms with Crippen LogP contribution in [0.5, 0.6) is 0 Å². The first kappa shape index (κ1) is 11.1. The Bertz CT molecular complexity index is 587. The zero-order chi connectivity index (χ0) is 12.5. The van der Waals surface area contributed by atoms with Crippen LogP contribution >= 0.6 is 0 Å². The van der Waals surface area contributed by atoms with Crippen LogP contribution in [0.4, 0.5) is 10.5 Å². The minimum Gasteiger partial charge on any atom is -0.441 e. The second-order valence-electron chi connectivity index (χ2n) is 4.69. The van der Waals surface area contributed by atoms with E-state index >= 15 is 0 Å². The number of carbonyl (C=O) groups excluding carboxylic acids is 1. The molecule has 2 N–H and O–H groups in total. The topological polar surface area (TPSA) is 67.2 Å². The molecule has 0 aliphatic heterocycles. The van der Waals surface area contributed by atoms with E-state index in [4.69, 9.17) is 4.42 Å². The standard InChI is InChI=1S/C13H15N3O2/c1-8-15-11-5-4-10(6-12(11)18-8)16-13(17)14-7-9-2-3-9/h4-6,9H,2-3,7H2,1H3,(H2,14,16,17). The van der Waals surface area contributed by atoms with Gasteiger partial charge in [-0.25, -0.2) is 9.78 Å². The van der Waals surface area contributed by atoms with Crippen molar-refractivity contribution in [3.05, 3.63) is 24.1 Å². The normalized spacial score (nSPS) is 14.7. The summed E-state index contributed by atoms with van der Waals surface area (Å²) in [7, 11) is 0. The predicted octanol–water partition coefficient (Wildman–Crippen LogP) is 2.67. The van der Waals surface area contributed by atoms with Crippen molar-refractivity contribution in [3.63, 3.8) is 0 Å². The van der Waals surface area contributed by atoms with Crippen LogP contribution in [0.3, 0.4) is 0 Å². The van der Waals surface area contributed by atoms with Gasteiger partial charge in [0.1, 0.15) is 5.52 Å². The van der Waals surface area contributed by atoms with E-state index in [0.29, 0.717) is 23.1 Å². The second kappa shape index (κ2) is 4.33. The van der Waals surface area contributed by atoms with Gasteiger partial charge in [0.05, 0.1) is 0 Å². The van der Waals surface area contributed by atoms with Crippen molar-refractivity contribution in [1.82, 2.24) is 10.3 Å². The first-order valence-corrected chi connectivity index (χ1v) is 6.13. The maximum atomic E-state index is 11.6. The quantitative estimate of drug-likeness (QED) is 0.873. The van der Waals surface area contributed by atoms with Gasteiger partial charge in [-0.05, 0) is 30.9 Å². The Labute approximate surface area is 105 Å². The molecular formula is C13H15N3O2. The number of anilines is 1. The van der Waals surface area contributed by atoms with Crippen LogP contribution in [0.25, 0.3) is 11.1 Å². The molecule has 5 nitrogen and oxygen atoms in total. The Balaban J connectivity index is 1.67. The van der Waals surface area contributed by atoms with Gasteiger partial charge in [0.2, 0.25) is 0 Å². The van der Waals surface area contributed by atoms with E-state index < -0.39 is 0 Å². The van der Waals surface area contributed by atoms with Gasteiger partial charge < -0.3 is 15.1 Å². The highest BCUT2D eigenvalue weighted by Crippen LogP contribution is 2.27. The number of rotatable bonds is 3. The van der Waals surface area contributed by atoms with Crippen LogP contribution in [0.2, 0.25) is 0 Å². The minimum atomic E-state index is -0.169. The maximum absolute atomic E-state index is 11.6. The molecule has 0 unspecified atom stereocenters. The van der Waals surface area contributed by atoms with Crippen LogP contribution in [0, 0.1) is 12.8 Å². The van der Waals surface area contributed by atoms with Crippen molar-refractivity contribution in [3.8, 4) is 0 Å². The summed E-state index contributed by atoms with van der Waals surface area (Å²) in [6, 6.07) is 5.27. The molecule has 1 fully saturated rings. The highest BCUT2D eigenvalue weighted by atomic mass is 16.3. The fourth-order valence-electron chi connectivity index (χ4n) is 1.85. The molecule has 94 valence electrons. The molecule has 2 aromatic rings. The van der Waals surface area contributed by atoms with Gasteiger partial charge in [0.15, 0.2) is 11.5 Å². The summed E-state index contributed by atoms with van der Waals surface area (Å²) in [5.74, 6) is 1.30. The number of oxazole rings is 1. The van der Waals surface area contributed by atoms with Gasteiger partial charge in [-0.3, -0.25) is 0 Å². The van der Waals surface area contributed by atoms with Gasteiger partial charge >= 0.3 is 6.03 Å². The number of aromatic nitrogens is 1. The SMILES string of the molecule is Cc1nc2ccc(NC(=O)NCC3CC3)cc2o1. The number of carbonyl (C=O) groups is 1. The Morgan fingerprint density at radius 1 is 1.50 bits per heavy atom. The number of hydrogen-bond acceptors (Lipinski definition) is 3. The second-order valence-corrected chi connectivity index (χ2v) is 4.69. The van der Waals surface area contributed by atoms with E-state index in [9.17, 15) is 4.79 Å². The highest BCUT2D eigenvalue weighted by Gasteiger charge is 2.21. The zero-order valence-corrected chi connectivity index (χ0v) is 10.2. The smallest absolute Gasteiger partial charge is 0.319 e. The third-order valence-electron chi connectivity index (χ3n) is 3.00. The lowest BCUT2D eigenvalue weighted by molar-refractivity contribution is 0.251. The minimum absolute atomic E-state index is 0.169. The summed E-state index contributed by atoms with van der Waals surface area (Å²) < 4.78 is 5.42. The van der Waals surface area contributed by atoms with Crippen molar-refractivity contribution < 1.29 is 9.21 Å². The highest BCUT2D eigenvalue weighted by molar-refractivity contribution is 5.91. The number of urea groups is 1. The fraction of sp³-hybridized carbons (Fsp3) is 0.385. The molecule has 5 heteroatoms. The Kier molecular flexibility index (Phi) is 2.66. The molecule has 0 spiro atoms. The van der Waals surface area contributed by atoms with E-state index in [1.54, 1.807) is 13.0 Å². The van der Waals surface area contributed by atoms with Crippen LogP contribution in [0.15, 0.2) is 22.6 Å². The number of fused-ring (bicyclic) bond motifs is 1. The molecule has 1 heterocycles. The Morgan fingerprint density at radius 3 is 3.11 bits per heavy atom. The van der Waals surface area contributed by atoms with Crippen molar-refractivity contribution in [1.29, 1.82) is 0 Å². The predicted molar refractivity (Wildman–Crippen MR) is 68.5 cm³/mol. The lowest BCUT2D eigenvalue weighted by Gasteiger charge is -2.06. The molecule has 18 heavy (non-hydrogen) atoms. The van der Waals surface area contributed by atoms with Gasteiger partial charge in [0.25, 0.3) is 0 Å². The summed E-state index contributed by atoms with van der Waals surface area (Å²) in [6.07, 6.45) is 2.45. The summed E-state index contributed by atoms with van der Waals surface area (Å²) in [4.78, 5) is 15.8. The van der Waals surface area contributed by atoms with Crippen LogP contribution in [-0.2, 0) is 0 Å². The average Bonchev–Trinajstić information content (AvgIpc) is 3.08. The van der Waals surface area contributed by atoms with Crippen LogP contribution < -0.4 is 10.6 Å². The van der Waals surface area contributed by atoms with Crippen molar-refractivity contribution in [2.75, 3.05) is 11.9 Å². The molecule has 0 atom stereocenters. The fourth-order valence-corrected chi connectivity index (χ4v) is 1.85. The largest absolute Gasteiger partial charge is 0.441 e. The Hall–Kier alpha value is -2.04. The number of hydrogen-bond donors (Lipinski definition) is 2. The van der Waals surface area contributed by atoms with Crippen LogP contribution in [-0.4, -0.2) is 17.6 Å². The van der Waals surface area contributed by atoms with Crippen molar-refractivity contribution in [2.45, 2.75) is 19.8 Å². The van der Waals surface area contributed by atoms with Gasteiger partial charge in [-0.1, -0.05) is 0 Å². The molecular weight excluding hydrogens is 230 g/mol. The molecule has 1 aliphatic carbocycles. The van der Waals surface area contributed by atoms with E-state index in [1.165, 1.54) is 12.8 Å². The zero-order valence-electron chi connectivity index (χ0n) is 10.2. The third kappa shape index (κ3) is 2.45. The van der Waals surface area contributed by atoms with Gasteiger partial charge in [-0.2, -0.15) is 0 Å². The lowest BCUT2D eigenvalue weighted by atomic mass is 10.3. The molecule has 0 bridgehead atoms. The number of amides is 2. The summed E-state index contributed by atoms with van der Waals surface area (Å²) in [5.41, 5.74) is 2.20. The molecule has 0 radical (unpaired) electrons. The van der Waals surface area contributed by atoms with E-state index in [0.717, 1.165) is 12.1 Å². The number of aryl methyl sites for hydroxylation is 1. The lowest BCUT2D eigenvalue weighted by Crippen LogP contribution is -2.30. The third-order valence-corrected chi connectivity index (χ3v) is 3.00. The first-order valence-electron chi connectivity index (χ1n) is 6.13. The molecule has 3 rings (SSSR count). The number of nitrogens with zero attached hydrogens (tertiary/aromatic N) is 1. The monoisotopic (exact) mass is 245 g/mol. The van der Waals surface area contributed by atoms with Crippen molar-refractivity contribution >= 4 is 22.8 Å². The van der Waals surface area contributed by atoms with Crippen LogP contribution in [0.1, 0.15) is 18.7 Å². The van der Waals surface area contributed by atoms with E-state index in [1.807, 2.05) is 12.1 Å². The van der Waals surface area contributed by atoms with E-state index in [2.05, 4.69) is 15.6 Å². The number of nitrogens with one attached hydrogen (secondary N) is 2. The molecule has 0 saturated heterocycles. The van der Waals surface area contributed by atoms with Crippen molar-refractivity contribution in [2.24, 2.45) is 5.92 Å². The average molecular weight is 245 g/mol. The Morgan fingerprint density at radius 2 is 2.33 bits per heavy atom. The summed E-state index contributed by atoms with van der Waals surface area (Å²) in [6.45, 7) is 2.56. The molecule has 1 saturated carbocycles. The van der Waals surface area contributed by atoms with E-state index in [-0.39, 0.29) is 6.03 Å². The van der Waals surface area contributed by atoms with Gasteiger partial charge in [-0.15, -0.1) is 0 Å².